The number of carboxylic acids is 1. The number of para-hydroxylation sites is 2. The zero-order chi connectivity index (χ0) is 46.2. The van der Waals surface area contributed by atoms with Crippen molar-refractivity contribution in [2.24, 2.45) is 5.10 Å². The van der Waals surface area contributed by atoms with E-state index < -0.39 is 28.6 Å². The number of imidazole rings is 1. The van der Waals surface area contributed by atoms with Gasteiger partial charge < -0.3 is 44.7 Å². The van der Waals surface area contributed by atoms with Gasteiger partial charge in [-0.3, -0.25) is 29.2 Å². The lowest BCUT2D eigenvalue weighted by Gasteiger charge is -2.24. The van der Waals surface area contributed by atoms with Crippen LogP contribution in [0.25, 0.3) is 11.0 Å². The van der Waals surface area contributed by atoms with Gasteiger partial charge in [-0.15, -0.1) is 0 Å². The van der Waals surface area contributed by atoms with Crippen molar-refractivity contribution in [3.05, 3.63) is 113 Å². The molecule has 0 bridgehead atoms. The van der Waals surface area contributed by atoms with Crippen LogP contribution >= 0.6 is 0 Å². The molecule has 20 nitrogen and oxygen atoms in total. The summed E-state index contributed by atoms with van der Waals surface area (Å²) in [6.07, 6.45) is 3.26. The second-order valence-corrected chi connectivity index (χ2v) is 16.3. The summed E-state index contributed by atoms with van der Waals surface area (Å²) in [4.78, 5) is 65.9. The number of carbonyl (C=O) groups is 4. The first-order valence-electron chi connectivity index (χ1n) is 20.8. The Morgan fingerprint density at radius 3 is 2.37 bits per heavy atom. The number of aliphatic carboxylic acids is 1. The van der Waals surface area contributed by atoms with Crippen molar-refractivity contribution >= 4 is 62.6 Å². The van der Waals surface area contributed by atoms with E-state index >= 15 is 0 Å². The highest BCUT2D eigenvalue weighted by molar-refractivity contribution is 7.86. The molecule has 6 rings (SSSR count). The third-order valence-corrected chi connectivity index (χ3v) is 10.9. The van der Waals surface area contributed by atoms with Crippen molar-refractivity contribution in [3.8, 4) is 0 Å². The van der Waals surface area contributed by atoms with E-state index in [1.165, 1.54) is 30.6 Å². The molecule has 0 aliphatic carbocycles. The summed E-state index contributed by atoms with van der Waals surface area (Å²) in [5.74, 6) is -1.04. The molecule has 1 aliphatic rings. The zero-order valence-corrected chi connectivity index (χ0v) is 36.5. The molecule has 6 N–H and O–H groups in total. The normalized spacial score (nSPS) is 13.9. The molecular weight excluding hydrogens is 863 g/mol. The minimum atomic E-state index is -4.41. The predicted octanol–water partition coefficient (Wildman–Crippen LogP) is 3.78. The van der Waals surface area contributed by atoms with E-state index in [4.69, 9.17) is 14.2 Å². The Morgan fingerprint density at radius 1 is 0.938 bits per heavy atom. The van der Waals surface area contributed by atoms with Crippen LogP contribution in [-0.2, 0) is 47.0 Å². The van der Waals surface area contributed by atoms with Crippen LogP contribution in [0, 0.1) is 0 Å². The molecule has 0 radical (unpaired) electrons. The third-order valence-electron chi connectivity index (χ3n) is 10.0. The van der Waals surface area contributed by atoms with Gasteiger partial charge in [-0.1, -0.05) is 30.3 Å². The van der Waals surface area contributed by atoms with Crippen molar-refractivity contribution in [2.45, 2.75) is 43.3 Å². The Morgan fingerprint density at radius 2 is 1.65 bits per heavy atom. The van der Waals surface area contributed by atoms with Gasteiger partial charge in [0.2, 0.25) is 5.91 Å². The number of hydrazone groups is 1. The number of rotatable bonds is 24. The molecule has 3 heterocycles. The molecule has 0 unspecified atom stereocenters. The predicted molar refractivity (Wildman–Crippen MR) is 239 cm³/mol. The topological polar surface area (TPSA) is 267 Å². The third kappa shape index (κ3) is 14.1. The molecule has 1 aliphatic heterocycles. The average Bonchev–Trinajstić information content (AvgIpc) is 3.65. The Kier molecular flexibility index (Phi) is 17.1. The monoisotopic (exact) mass is 913 g/mol. The fourth-order valence-corrected chi connectivity index (χ4v) is 7.48. The number of anilines is 2. The molecule has 3 amide bonds. The highest BCUT2D eigenvalue weighted by Crippen LogP contribution is 2.27. The van der Waals surface area contributed by atoms with E-state index in [0.29, 0.717) is 99.6 Å². The summed E-state index contributed by atoms with van der Waals surface area (Å²) >= 11 is 0. The highest BCUT2D eigenvalue weighted by atomic mass is 32.2. The lowest BCUT2D eigenvalue weighted by molar-refractivity contribution is -0.141. The summed E-state index contributed by atoms with van der Waals surface area (Å²) in [6.45, 7) is 3.24. The number of hydrogen-bond acceptors (Lipinski definition) is 14. The van der Waals surface area contributed by atoms with Gasteiger partial charge in [0.1, 0.15) is 22.6 Å². The van der Waals surface area contributed by atoms with Crippen molar-refractivity contribution in [1.82, 2.24) is 30.1 Å². The van der Waals surface area contributed by atoms with E-state index in [9.17, 15) is 37.3 Å². The first kappa shape index (κ1) is 47.7. The number of amides is 3. The minimum Gasteiger partial charge on any atom is -0.481 e. The number of hydrogen-bond donors (Lipinski definition) is 6. The first-order valence-corrected chi connectivity index (χ1v) is 22.2. The van der Waals surface area contributed by atoms with Gasteiger partial charge in [-0.25, -0.2) is 9.97 Å². The lowest BCUT2D eigenvalue weighted by Crippen LogP contribution is -2.42. The number of aromatic amines is 1. The molecule has 0 fully saturated rings. The Hall–Kier alpha value is -6.78. The van der Waals surface area contributed by atoms with Crippen LogP contribution in [0.15, 0.2) is 95.1 Å². The number of H-pyrrole nitrogens is 1. The van der Waals surface area contributed by atoms with E-state index in [2.05, 4.69) is 36.1 Å². The molecule has 1 atom stereocenters. The number of aromatic nitrogens is 3. The molecular formula is C44H51N9O11S. The van der Waals surface area contributed by atoms with Crippen molar-refractivity contribution < 1.29 is 51.5 Å². The molecule has 2 aromatic heterocycles. The number of carboxylic acid groups (broad SMARTS) is 1. The maximum Gasteiger partial charge on any atom is 0.305 e. The minimum absolute atomic E-state index is 0.185. The Labute approximate surface area is 375 Å². The second kappa shape index (κ2) is 23.2. The van der Waals surface area contributed by atoms with Gasteiger partial charge in [-0.2, -0.15) is 13.5 Å². The summed E-state index contributed by atoms with van der Waals surface area (Å²) in [5, 5.41) is 19.4. The highest BCUT2D eigenvalue weighted by Gasteiger charge is 2.31. The van der Waals surface area contributed by atoms with Crippen LogP contribution in [0.3, 0.4) is 0 Å². The fraction of sp³-hybridized carbons (Fsp3) is 0.341. The van der Waals surface area contributed by atoms with Crippen molar-refractivity contribution in [2.75, 3.05) is 70.5 Å². The molecule has 5 aromatic rings. The van der Waals surface area contributed by atoms with Crippen LogP contribution in [-0.4, -0.2) is 139 Å². The molecule has 65 heavy (non-hydrogen) atoms. The maximum atomic E-state index is 13.5. The number of ether oxygens (including phenoxy) is 3. The van der Waals surface area contributed by atoms with Gasteiger partial charge in [0.05, 0.1) is 62.2 Å². The standard InChI is InChI=1S/C44H51N9O11S/c1-52(29-40-49-35-9-3-4-10-36(35)50-40)43(57)30-12-14-34-33(24-30)28-53(44(58)37(48-34)25-41(54)55)17-7-19-63-21-23-64-22-20-62-18-6-16-45-42(56)32-13-15-39(46-26-32)51-47-27-31-8-2-5-11-38(31)65(59,60)61/h2-5,8-15,24,26-27,37,48H,6-7,16-23,25,28-29H2,1H3,(H,45,56)(H,46,51)(H,49,50)(H,54,55)(H,59,60,61)/b47-27+/t37-/m1/s1. The number of fused-ring (bicyclic) bond motifs is 2. The molecule has 344 valence electrons. The zero-order valence-electron chi connectivity index (χ0n) is 35.6. The van der Waals surface area contributed by atoms with Crippen LogP contribution in [0.5, 0.6) is 0 Å². The van der Waals surface area contributed by atoms with Gasteiger partial charge in [0.25, 0.3) is 21.9 Å². The van der Waals surface area contributed by atoms with E-state index in [0.717, 1.165) is 11.0 Å². The quantitative estimate of drug-likeness (QED) is 0.0223. The number of nitrogens with one attached hydrogen (secondary N) is 4. The van der Waals surface area contributed by atoms with Crippen LogP contribution in [0.2, 0.25) is 0 Å². The second-order valence-electron chi connectivity index (χ2n) is 14.9. The van der Waals surface area contributed by atoms with Crippen molar-refractivity contribution in [3.63, 3.8) is 0 Å². The van der Waals surface area contributed by atoms with Gasteiger partial charge in [-0.05, 0) is 66.9 Å². The summed E-state index contributed by atoms with van der Waals surface area (Å²) in [5.41, 5.74) is 6.57. The van der Waals surface area contributed by atoms with E-state index in [1.54, 1.807) is 53.2 Å². The summed E-state index contributed by atoms with van der Waals surface area (Å²) in [7, 11) is -2.72. The van der Waals surface area contributed by atoms with Gasteiger partial charge in [0.15, 0.2) is 0 Å². The fourth-order valence-electron chi connectivity index (χ4n) is 6.81. The molecule has 21 heteroatoms. The number of pyridine rings is 1. The molecule has 0 spiro atoms. The Bertz CT molecular complexity index is 2540. The smallest absolute Gasteiger partial charge is 0.305 e. The maximum absolute atomic E-state index is 13.5. The van der Waals surface area contributed by atoms with Crippen LogP contribution in [0.1, 0.15) is 56.9 Å². The molecule has 0 saturated heterocycles. The number of carbonyl (C=O) groups excluding carboxylic acids is 3. The average molecular weight is 914 g/mol. The van der Waals surface area contributed by atoms with Gasteiger partial charge >= 0.3 is 5.97 Å². The van der Waals surface area contributed by atoms with Crippen LogP contribution in [0.4, 0.5) is 11.5 Å². The lowest BCUT2D eigenvalue weighted by atomic mass is 10.1. The van der Waals surface area contributed by atoms with E-state index in [-0.39, 0.29) is 41.3 Å². The molecule has 3 aromatic carbocycles. The summed E-state index contributed by atoms with van der Waals surface area (Å²) < 4.78 is 49.3. The number of benzene rings is 3. The van der Waals surface area contributed by atoms with E-state index in [1.807, 2.05) is 24.3 Å². The number of nitrogens with zero attached hydrogens (tertiary/aromatic N) is 5. The van der Waals surface area contributed by atoms with Gasteiger partial charge in [0, 0.05) is 62.9 Å². The van der Waals surface area contributed by atoms with Crippen molar-refractivity contribution in [1.29, 1.82) is 0 Å². The van der Waals surface area contributed by atoms with Crippen LogP contribution < -0.4 is 16.1 Å². The summed E-state index contributed by atoms with van der Waals surface area (Å²) in [6, 6.07) is 20.7. The largest absolute Gasteiger partial charge is 0.481 e. The SMILES string of the molecule is CN(Cc1nc2ccccc2[nH]1)C(=O)c1ccc2c(c1)CN(CCCOCCOCCOCCCNC(=O)c1ccc(N/N=C/c3ccccc3S(=O)(=O)O)nc1)C(=O)[C@@H](CC(=O)O)N2. The molecule has 0 saturated carbocycles. The Balaban J connectivity index is 0.832. The first-order chi connectivity index (χ1) is 31.4.